The van der Waals surface area contributed by atoms with Gasteiger partial charge in [0.1, 0.15) is 6.61 Å². The zero-order valence-electron chi connectivity index (χ0n) is 10.2. The molecule has 0 atom stereocenters. The standard InChI is InChI=1S/C15H20O2/c16-15(10-9-13-7-4-8-13)12-17-11-14-5-2-1-3-6-14/h1-3,5-6,13H,4,7-12H2. The predicted octanol–water partition coefficient (Wildman–Crippen LogP) is 3.35. The molecule has 1 aromatic carbocycles. The summed E-state index contributed by atoms with van der Waals surface area (Å²) in [6, 6.07) is 9.97. The summed E-state index contributed by atoms with van der Waals surface area (Å²) in [4.78, 5) is 11.6. The summed E-state index contributed by atoms with van der Waals surface area (Å²) >= 11 is 0. The van der Waals surface area contributed by atoms with Gasteiger partial charge in [-0.2, -0.15) is 0 Å². The second-order valence-corrected chi connectivity index (χ2v) is 4.85. The second-order valence-electron chi connectivity index (χ2n) is 4.85. The molecule has 0 radical (unpaired) electrons. The lowest BCUT2D eigenvalue weighted by molar-refractivity contribution is -0.124. The Balaban J connectivity index is 1.56. The monoisotopic (exact) mass is 232 g/mol. The van der Waals surface area contributed by atoms with Crippen molar-refractivity contribution in [2.45, 2.75) is 38.7 Å². The van der Waals surface area contributed by atoms with Gasteiger partial charge in [-0.25, -0.2) is 0 Å². The van der Waals surface area contributed by atoms with Gasteiger partial charge in [-0.1, -0.05) is 49.6 Å². The van der Waals surface area contributed by atoms with E-state index in [1.54, 1.807) is 0 Å². The smallest absolute Gasteiger partial charge is 0.158 e. The third-order valence-electron chi connectivity index (χ3n) is 3.43. The molecule has 1 aromatic rings. The van der Waals surface area contributed by atoms with E-state index in [1.807, 2.05) is 30.3 Å². The van der Waals surface area contributed by atoms with Gasteiger partial charge in [0.05, 0.1) is 6.61 Å². The topological polar surface area (TPSA) is 26.3 Å². The Morgan fingerprint density at radius 3 is 2.65 bits per heavy atom. The molecule has 0 heterocycles. The largest absolute Gasteiger partial charge is 0.369 e. The Bertz CT molecular complexity index is 341. The molecule has 1 saturated carbocycles. The van der Waals surface area contributed by atoms with Gasteiger partial charge >= 0.3 is 0 Å². The van der Waals surface area contributed by atoms with Gasteiger partial charge in [-0.05, 0) is 17.9 Å². The van der Waals surface area contributed by atoms with Crippen LogP contribution in [0.25, 0.3) is 0 Å². The molecule has 0 aliphatic heterocycles. The van der Waals surface area contributed by atoms with Crippen molar-refractivity contribution in [2.24, 2.45) is 5.92 Å². The van der Waals surface area contributed by atoms with E-state index in [1.165, 1.54) is 19.3 Å². The zero-order chi connectivity index (χ0) is 11.9. The third kappa shape index (κ3) is 4.31. The summed E-state index contributed by atoms with van der Waals surface area (Å²) in [5.41, 5.74) is 1.12. The number of ether oxygens (including phenoxy) is 1. The Morgan fingerprint density at radius 2 is 2.00 bits per heavy atom. The van der Waals surface area contributed by atoms with Gasteiger partial charge in [0.25, 0.3) is 0 Å². The van der Waals surface area contributed by atoms with Crippen molar-refractivity contribution >= 4 is 5.78 Å². The highest BCUT2D eigenvalue weighted by atomic mass is 16.5. The first kappa shape index (κ1) is 12.3. The van der Waals surface area contributed by atoms with Crippen molar-refractivity contribution in [3.63, 3.8) is 0 Å². The molecule has 2 rings (SSSR count). The molecule has 0 N–H and O–H groups in total. The summed E-state index contributed by atoms with van der Waals surface area (Å²) in [6.07, 6.45) is 5.74. The summed E-state index contributed by atoms with van der Waals surface area (Å²) < 4.78 is 5.42. The van der Waals surface area contributed by atoms with Crippen molar-refractivity contribution in [2.75, 3.05) is 6.61 Å². The molecule has 0 bridgehead atoms. The molecular formula is C15H20O2. The summed E-state index contributed by atoms with van der Waals surface area (Å²) in [5.74, 6) is 1.06. The molecular weight excluding hydrogens is 212 g/mol. The van der Waals surface area contributed by atoms with Crippen LogP contribution in [-0.4, -0.2) is 12.4 Å². The van der Waals surface area contributed by atoms with Gasteiger partial charge in [-0.15, -0.1) is 0 Å². The summed E-state index contributed by atoms with van der Waals surface area (Å²) in [6.45, 7) is 0.803. The molecule has 1 aliphatic carbocycles. The minimum atomic E-state index is 0.243. The molecule has 92 valence electrons. The minimum absolute atomic E-state index is 0.243. The van der Waals surface area contributed by atoms with E-state index >= 15 is 0 Å². The number of carbonyl (C=O) groups is 1. The van der Waals surface area contributed by atoms with Crippen LogP contribution < -0.4 is 0 Å². The highest BCUT2D eigenvalue weighted by molar-refractivity contribution is 5.79. The Morgan fingerprint density at radius 1 is 1.24 bits per heavy atom. The fraction of sp³-hybridized carbons (Fsp3) is 0.533. The summed E-state index contributed by atoms with van der Waals surface area (Å²) in [5, 5.41) is 0. The number of ketones is 1. The zero-order valence-corrected chi connectivity index (χ0v) is 10.2. The summed E-state index contributed by atoms with van der Waals surface area (Å²) in [7, 11) is 0. The van der Waals surface area contributed by atoms with Crippen LogP contribution in [0.15, 0.2) is 30.3 Å². The molecule has 17 heavy (non-hydrogen) atoms. The highest BCUT2D eigenvalue weighted by Gasteiger charge is 2.18. The Labute approximate surface area is 103 Å². The lowest BCUT2D eigenvalue weighted by Gasteiger charge is -2.24. The maximum atomic E-state index is 11.6. The van der Waals surface area contributed by atoms with Gasteiger partial charge in [0, 0.05) is 6.42 Å². The second kappa shape index (κ2) is 6.55. The number of rotatable bonds is 7. The number of carbonyl (C=O) groups excluding carboxylic acids is 1. The SMILES string of the molecule is O=C(CCC1CCC1)COCc1ccccc1. The van der Waals surface area contributed by atoms with Crippen LogP contribution >= 0.6 is 0 Å². The van der Waals surface area contributed by atoms with Crippen molar-refractivity contribution in [1.29, 1.82) is 0 Å². The molecule has 1 aliphatic rings. The van der Waals surface area contributed by atoms with Gasteiger partial charge < -0.3 is 4.74 Å². The lowest BCUT2D eigenvalue weighted by atomic mass is 9.82. The maximum absolute atomic E-state index is 11.6. The van der Waals surface area contributed by atoms with Crippen LogP contribution in [0.2, 0.25) is 0 Å². The highest BCUT2D eigenvalue weighted by Crippen LogP contribution is 2.30. The predicted molar refractivity (Wildman–Crippen MR) is 67.7 cm³/mol. The van der Waals surface area contributed by atoms with E-state index in [9.17, 15) is 4.79 Å². The van der Waals surface area contributed by atoms with E-state index in [-0.39, 0.29) is 12.4 Å². The average molecular weight is 232 g/mol. The number of Topliss-reactive ketones (excluding diaryl/α,β-unsaturated/α-hetero) is 1. The molecule has 0 saturated heterocycles. The fourth-order valence-corrected chi connectivity index (χ4v) is 2.08. The van der Waals surface area contributed by atoms with Crippen molar-refractivity contribution in [3.8, 4) is 0 Å². The van der Waals surface area contributed by atoms with Crippen LogP contribution in [-0.2, 0) is 16.1 Å². The quantitative estimate of drug-likeness (QED) is 0.720. The first-order chi connectivity index (χ1) is 8.34. The van der Waals surface area contributed by atoms with E-state index < -0.39 is 0 Å². The van der Waals surface area contributed by atoms with Gasteiger partial charge in [0.15, 0.2) is 5.78 Å². The number of hydrogen-bond acceptors (Lipinski definition) is 2. The molecule has 0 amide bonds. The molecule has 2 nitrogen and oxygen atoms in total. The lowest BCUT2D eigenvalue weighted by Crippen LogP contribution is -2.15. The molecule has 0 spiro atoms. The maximum Gasteiger partial charge on any atom is 0.158 e. The van der Waals surface area contributed by atoms with E-state index in [0.717, 1.165) is 17.9 Å². The van der Waals surface area contributed by atoms with Crippen molar-refractivity contribution in [3.05, 3.63) is 35.9 Å². The van der Waals surface area contributed by atoms with E-state index in [0.29, 0.717) is 13.0 Å². The number of benzene rings is 1. The average Bonchev–Trinajstić information content (AvgIpc) is 2.28. The first-order valence-corrected chi connectivity index (χ1v) is 6.48. The Kier molecular flexibility index (Phi) is 4.75. The third-order valence-corrected chi connectivity index (χ3v) is 3.43. The van der Waals surface area contributed by atoms with E-state index in [2.05, 4.69) is 0 Å². The molecule has 0 aromatic heterocycles. The number of hydrogen-bond donors (Lipinski definition) is 0. The molecule has 0 unspecified atom stereocenters. The van der Waals surface area contributed by atoms with Crippen molar-refractivity contribution < 1.29 is 9.53 Å². The molecule has 1 fully saturated rings. The fourth-order valence-electron chi connectivity index (χ4n) is 2.08. The van der Waals surface area contributed by atoms with Gasteiger partial charge in [0.2, 0.25) is 0 Å². The van der Waals surface area contributed by atoms with Crippen LogP contribution in [0, 0.1) is 5.92 Å². The van der Waals surface area contributed by atoms with Gasteiger partial charge in [-0.3, -0.25) is 4.79 Å². The van der Waals surface area contributed by atoms with Crippen molar-refractivity contribution in [1.82, 2.24) is 0 Å². The molecule has 2 heteroatoms. The van der Waals surface area contributed by atoms with Crippen LogP contribution in [0.4, 0.5) is 0 Å². The van der Waals surface area contributed by atoms with Crippen LogP contribution in [0.3, 0.4) is 0 Å². The minimum Gasteiger partial charge on any atom is -0.369 e. The van der Waals surface area contributed by atoms with E-state index in [4.69, 9.17) is 4.74 Å². The Hall–Kier alpha value is -1.15. The first-order valence-electron chi connectivity index (χ1n) is 6.48. The van der Waals surface area contributed by atoms with Crippen LogP contribution in [0.1, 0.15) is 37.7 Å². The normalized spacial score (nSPS) is 15.5. The van der Waals surface area contributed by atoms with Crippen LogP contribution in [0.5, 0.6) is 0 Å².